The number of carbonyl (C=O) groups is 1. The minimum Gasteiger partial charge on any atom is -0.381 e. The molecule has 1 amide bonds. The number of nitrogens with one attached hydrogen (secondary N) is 1. The predicted octanol–water partition coefficient (Wildman–Crippen LogP) is 2.85. The van der Waals surface area contributed by atoms with E-state index in [1.54, 1.807) is 6.07 Å². The number of rotatable bonds is 8. The van der Waals surface area contributed by atoms with Gasteiger partial charge in [0.05, 0.1) is 29.8 Å². The van der Waals surface area contributed by atoms with Crippen molar-refractivity contribution in [2.75, 3.05) is 31.7 Å². The second-order valence-corrected chi connectivity index (χ2v) is 12.5. The summed E-state index contributed by atoms with van der Waals surface area (Å²) in [5, 5.41) is 6.13. The molecule has 0 spiro atoms. The molecule has 182 valence electrons. The van der Waals surface area contributed by atoms with Gasteiger partial charge in [-0.2, -0.15) is 0 Å². The Morgan fingerprint density at radius 1 is 1.16 bits per heavy atom. The molecule has 9 nitrogen and oxygen atoms in total. The largest absolute Gasteiger partial charge is 0.381 e. The van der Waals surface area contributed by atoms with Crippen LogP contribution in [0.25, 0.3) is 0 Å². The van der Waals surface area contributed by atoms with Crippen LogP contribution in [0.1, 0.15) is 66.0 Å². The Bertz CT molecular complexity index is 882. The van der Waals surface area contributed by atoms with E-state index in [0.717, 1.165) is 19.4 Å². The van der Waals surface area contributed by atoms with Gasteiger partial charge < -0.3 is 18.7 Å². The molecule has 2 fully saturated rings. The lowest BCUT2D eigenvalue weighted by molar-refractivity contribution is -0.118. The first kappa shape index (κ1) is 25.1. The third-order valence-corrected chi connectivity index (χ3v) is 9.76. The van der Waals surface area contributed by atoms with E-state index in [0.29, 0.717) is 38.4 Å². The molecule has 2 aliphatic heterocycles. The summed E-state index contributed by atoms with van der Waals surface area (Å²) in [6.07, 6.45) is 2.59. The van der Waals surface area contributed by atoms with E-state index in [2.05, 4.69) is 10.5 Å². The fourth-order valence-electron chi connectivity index (χ4n) is 3.92. The van der Waals surface area contributed by atoms with E-state index in [1.165, 1.54) is 13.8 Å². The molecule has 0 aliphatic carbocycles. The smallest absolute Gasteiger partial charge is 0.247 e. The highest BCUT2D eigenvalue weighted by atomic mass is 32.2. The van der Waals surface area contributed by atoms with E-state index in [1.807, 2.05) is 20.8 Å². The van der Waals surface area contributed by atoms with Crippen molar-refractivity contribution in [2.24, 2.45) is 0 Å². The molecule has 2 aliphatic rings. The highest BCUT2D eigenvalue weighted by Gasteiger charge is 2.47. The summed E-state index contributed by atoms with van der Waals surface area (Å²) in [6.45, 7) is 10.9. The van der Waals surface area contributed by atoms with Crippen LogP contribution in [0.3, 0.4) is 0 Å². The van der Waals surface area contributed by atoms with E-state index >= 15 is 0 Å². The van der Waals surface area contributed by atoms with Crippen LogP contribution < -0.4 is 5.32 Å². The van der Waals surface area contributed by atoms with E-state index in [4.69, 9.17) is 18.7 Å². The molecule has 2 atom stereocenters. The van der Waals surface area contributed by atoms with Crippen LogP contribution in [0.15, 0.2) is 10.6 Å². The molecular formula is C22H36N2O7S. The van der Waals surface area contributed by atoms with E-state index in [9.17, 15) is 13.2 Å². The minimum absolute atomic E-state index is 0.0419. The molecule has 10 heteroatoms. The number of ether oxygens (including phenoxy) is 3. The summed E-state index contributed by atoms with van der Waals surface area (Å²) >= 11 is 0. The number of carbonyl (C=O) groups excluding carboxylic acids is 1. The maximum atomic E-state index is 13.1. The maximum absolute atomic E-state index is 13.1. The molecule has 3 rings (SSSR count). The standard InChI is InChI=1S/C22H36N2O7S/c1-15(30-16-7-6-10-29-14-16)21(2,3)18-13-19(31-24-18)23-20(25)22(4,5)32(26,27)17-8-11-28-12-9-17/h13,15-17H,6-12,14H2,1-5H3,(H,23,25)/t15-,16?/m0/s1. The Labute approximate surface area is 190 Å². The van der Waals surface area contributed by atoms with Crippen LogP contribution in [0.2, 0.25) is 0 Å². The van der Waals surface area contributed by atoms with Gasteiger partial charge in [0, 0.05) is 31.3 Å². The first-order chi connectivity index (χ1) is 15.0. The second-order valence-electron chi connectivity index (χ2n) is 9.74. The zero-order valence-corrected chi connectivity index (χ0v) is 20.5. The van der Waals surface area contributed by atoms with Crippen molar-refractivity contribution in [3.8, 4) is 0 Å². The van der Waals surface area contributed by atoms with Gasteiger partial charge in [0.2, 0.25) is 11.8 Å². The average molecular weight is 473 g/mol. The van der Waals surface area contributed by atoms with Crippen molar-refractivity contribution in [1.82, 2.24) is 5.16 Å². The van der Waals surface area contributed by atoms with Gasteiger partial charge >= 0.3 is 0 Å². The lowest BCUT2D eigenvalue weighted by atomic mass is 9.83. The Morgan fingerprint density at radius 3 is 2.47 bits per heavy atom. The minimum atomic E-state index is -3.72. The number of nitrogens with zero attached hydrogens (tertiary/aromatic N) is 1. The molecule has 1 unspecified atom stereocenters. The van der Waals surface area contributed by atoms with Crippen LogP contribution in [-0.4, -0.2) is 68.1 Å². The van der Waals surface area contributed by atoms with Crippen molar-refractivity contribution in [3.05, 3.63) is 11.8 Å². The van der Waals surface area contributed by atoms with Crippen LogP contribution in [0.5, 0.6) is 0 Å². The van der Waals surface area contributed by atoms with Crippen LogP contribution >= 0.6 is 0 Å². The quantitative estimate of drug-likeness (QED) is 0.614. The number of hydrogen-bond donors (Lipinski definition) is 1. The molecule has 0 bridgehead atoms. The summed E-state index contributed by atoms with van der Waals surface area (Å²) in [5.74, 6) is -0.533. The monoisotopic (exact) mass is 472 g/mol. The second kappa shape index (κ2) is 9.79. The van der Waals surface area contributed by atoms with Crippen LogP contribution in [0.4, 0.5) is 5.88 Å². The molecule has 32 heavy (non-hydrogen) atoms. The van der Waals surface area contributed by atoms with Gasteiger partial charge in [0.25, 0.3) is 0 Å². The maximum Gasteiger partial charge on any atom is 0.247 e. The molecular weight excluding hydrogens is 436 g/mol. The van der Waals surface area contributed by atoms with E-state index in [-0.39, 0.29) is 18.1 Å². The third kappa shape index (κ3) is 5.18. The lowest BCUT2D eigenvalue weighted by Gasteiger charge is -2.34. The average Bonchev–Trinajstić information content (AvgIpc) is 3.24. The predicted molar refractivity (Wildman–Crippen MR) is 119 cm³/mol. The number of aromatic nitrogens is 1. The van der Waals surface area contributed by atoms with Gasteiger partial charge in [-0.15, -0.1) is 0 Å². The first-order valence-corrected chi connectivity index (χ1v) is 12.8. The normalized spacial score (nSPS) is 22.5. The molecule has 0 radical (unpaired) electrons. The zero-order valence-electron chi connectivity index (χ0n) is 19.7. The Hall–Kier alpha value is -1.49. The summed E-state index contributed by atoms with van der Waals surface area (Å²) in [4.78, 5) is 12.9. The number of sulfone groups is 1. The fourth-order valence-corrected chi connectivity index (χ4v) is 5.87. The molecule has 3 heterocycles. The molecule has 0 saturated carbocycles. The summed E-state index contributed by atoms with van der Waals surface area (Å²) in [5.41, 5.74) is 0.121. The van der Waals surface area contributed by atoms with Crippen molar-refractivity contribution < 1.29 is 31.9 Å². The summed E-state index contributed by atoms with van der Waals surface area (Å²) in [6, 6.07) is 1.63. The summed E-state index contributed by atoms with van der Waals surface area (Å²) in [7, 11) is -3.72. The fraction of sp³-hybridized carbons (Fsp3) is 0.818. The molecule has 1 N–H and O–H groups in total. The zero-order chi connectivity index (χ0) is 23.6. The summed E-state index contributed by atoms with van der Waals surface area (Å²) < 4.78 is 46.8. The van der Waals surface area contributed by atoms with Crippen LogP contribution in [-0.2, 0) is 34.3 Å². The molecule has 1 aromatic heterocycles. The van der Waals surface area contributed by atoms with E-state index < -0.39 is 31.2 Å². The van der Waals surface area contributed by atoms with Gasteiger partial charge in [-0.25, -0.2) is 8.42 Å². The van der Waals surface area contributed by atoms with Gasteiger partial charge in [0.1, 0.15) is 4.75 Å². The molecule has 1 aromatic rings. The van der Waals surface area contributed by atoms with Crippen molar-refractivity contribution in [2.45, 2.75) is 87.9 Å². The topological polar surface area (TPSA) is 117 Å². The van der Waals surface area contributed by atoms with Crippen LogP contribution in [0, 0.1) is 0 Å². The molecule has 0 aromatic carbocycles. The first-order valence-electron chi connectivity index (χ1n) is 11.3. The molecule has 2 saturated heterocycles. The Balaban J connectivity index is 1.67. The van der Waals surface area contributed by atoms with Crippen molar-refractivity contribution in [3.63, 3.8) is 0 Å². The van der Waals surface area contributed by atoms with Gasteiger partial charge in [-0.05, 0) is 46.5 Å². The number of anilines is 1. The van der Waals surface area contributed by atoms with Gasteiger partial charge in [0.15, 0.2) is 9.84 Å². The van der Waals surface area contributed by atoms with Gasteiger partial charge in [-0.1, -0.05) is 19.0 Å². The number of amides is 1. The van der Waals surface area contributed by atoms with Crippen molar-refractivity contribution >= 4 is 21.6 Å². The third-order valence-electron chi connectivity index (χ3n) is 6.80. The van der Waals surface area contributed by atoms with Gasteiger partial charge in [-0.3, -0.25) is 10.1 Å². The highest BCUT2D eigenvalue weighted by molar-refractivity contribution is 7.94. The number of hydrogen-bond acceptors (Lipinski definition) is 8. The Kier molecular flexibility index (Phi) is 7.69. The SMILES string of the molecule is C[C@H](OC1CCCOC1)C(C)(C)c1cc(NC(=O)C(C)(C)S(=O)(=O)C2CCOCC2)on1. The Morgan fingerprint density at radius 2 is 1.84 bits per heavy atom. The highest BCUT2D eigenvalue weighted by Crippen LogP contribution is 2.33. The van der Waals surface area contributed by atoms with Crippen molar-refractivity contribution in [1.29, 1.82) is 0 Å². The lowest BCUT2D eigenvalue weighted by Crippen LogP contribution is -2.50.